The Morgan fingerprint density at radius 3 is 2.47 bits per heavy atom. The zero-order chi connectivity index (χ0) is 12.8. The first kappa shape index (κ1) is 13.7. The maximum absolute atomic E-state index is 11.7. The number of nitriles is 1. The maximum atomic E-state index is 11.7. The minimum atomic E-state index is -0.675. The van der Waals surface area contributed by atoms with Gasteiger partial charge >= 0.3 is 5.97 Å². The lowest BCUT2D eigenvalue weighted by Gasteiger charge is -2.12. The van der Waals surface area contributed by atoms with Crippen molar-refractivity contribution in [1.82, 2.24) is 0 Å². The van der Waals surface area contributed by atoms with E-state index in [1.165, 1.54) is 0 Å². The van der Waals surface area contributed by atoms with Crippen LogP contribution in [0.2, 0.25) is 0 Å². The van der Waals surface area contributed by atoms with Crippen LogP contribution in [0.4, 0.5) is 0 Å². The molecule has 0 heterocycles. The van der Waals surface area contributed by atoms with Crippen LogP contribution < -0.4 is 0 Å². The minimum absolute atomic E-state index is 0.317. The van der Waals surface area contributed by atoms with Gasteiger partial charge in [0.1, 0.15) is 6.07 Å². The summed E-state index contributed by atoms with van der Waals surface area (Å²) in [6.45, 7) is 3.97. The van der Waals surface area contributed by atoms with E-state index in [4.69, 9.17) is 10.00 Å². The summed E-state index contributed by atoms with van der Waals surface area (Å²) in [6.07, 6.45) is -0.121. The lowest BCUT2D eigenvalue weighted by molar-refractivity contribution is 0.0373. The summed E-state index contributed by atoms with van der Waals surface area (Å²) in [6, 6.07) is 8.85. The molecule has 4 heteroatoms. The molecule has 0 unspecified atom stereocenters. The predicted molar refractivity (Wildman–Crippen MR) is 68.4 cm³/mol. The summed E-state index contributed by atoms with van der Waals surface area (Å²) in [4.78, 5) is 11.7. The molecule has 0 amide bonds. The summed E-state index contributed by atoms with van der Waals surface area (Å²) < 4.78 is 6.02. The number of carbonyl (C=O) groups is 1. The monoisotopic (exact) mass is 295 g/mol. The zero-order valence-electron chi connectivity index (χ0n) is 9.81. The fourth-order valence-electron chi connectivity index (χ4n) is 1.34. The fraction of sp³-hybridized carbons (Fsp3) is 0.385. The average Bonchev–Trinajstić information content (AvgIpc) is 2.28. The first-order valence-corrected chi connectivity index (χ1v) is 6.18. The van der Waals surface area contributed by atoms with Crippen LogP contribution in [0.1, 0.15) is 30.6 Å². The molecule has 0 aromatic heterocycles. The standard InChI is InChI=1S/C13H14BrNO2/c1-9(2)7-12(8-15)17-13(16)10-3-5-11(14)6-4-10/h3-6,9,12H,7H2,1-2H3/t12-/m0/s1. The first-order valence-electron chi connectivity index (χ1n) is 5.39. The van der Waals surface area contributed by atoms with Gasteiger partial charge in [-0.25, -0.2) is 4.79 Å². The number of nitrogens with zero attached hydrogens (tertiary/aromatic N) is 1. The van der Waals surface area contributed by atoms with Crippen LogP contribution in [0.3, 0.4) is 0 Å². The van der Waals surface area contributed by atoms with Crippen LogP contribution in [-0.4, -0.2) is 12.1 Å². The number of rotatable bonds is 4. The van der Waals surface area contributed by atoms with Crippen LogP contribution in [-0.2, 0) is 4.74 Å². The number of benzene rings is 1. The van der Waals surface area contributed by atoms with Gasteiger partial charge in [0.15, 0.2) is 6.10 Å². The van der Waals surface area contributed by atoms with Crippen molar-refractivity contribution in [2.24, 2.45) is 5.92 Å². The Bertz CT molecular complexity index is 420. The molecule has 0 saturated heterocycles. The second kappa shape index (κ2) is 6.41. The first-order chi connectivity index (χ1) is 8.02. The summed E-state index contributed by atoms with van der Waals surface area (Å²) >= 11 is 3.29. The molecule has 0 bridgehead atoms. The Hall–Kier alpha value is -1.34. The van der Waals surface area contributed by atoms with E-state index in [0.29, 0.717) is 17.9 Å². The Morgan fingerprint density at radius 2 is 2.00 bits per heavy atom. The molecule has 0 radical (unpaired) electrons. The normalized spacial score (nSPS) is 11.9. The molecule has 17 heavy (non-hydrogen) atoms. The third-order valence-electron chi connectivity index (χ3n) is 2.16. The second-order valence-corrected chi connectivity index (χ2v) is 5.08. The molecule has 90 valence electrons. The SMILES string of the molecule is CC(C)C[C@@H](C#N)OC(=O)c1ccc(Br)cc1. The Balaban J connectivity index is 2.65. The van der Waals surface area contributed by atoms with Crippen molar-refractivity contribution < 1.29 is 9.53 Å². The molecule has 1 atom stereocenters. The molecule has 0 aliphatic heterocycles. The van der Waals surface area contributed by atoms with E-state index in [0.717, 1.165) is 4.47 Å². The van der Waals surface area contributed by atoms with Crippen LogP contribution in [0.25, 0.3) is 0 Å². The van der Waals surface area contributed by atoms with Crippen molar-refractivity contribution in [2.75, 3.05) is 0 Å². The van der Waals surface area contributed by atoms with Crippen molar-refractivity contribution in [3.63, 3.8) is 0 Å². The van der Waals surface area contributed by atoms with Gasteiger partial charge in [-0.3, -0.25) is 0 Å². The number of halogens is 1. The van der Waals surface area contributed by atoms with E-state index in [-0.39, 0.29) is 0 Å². The molecular formula is C13H14BrNO2. The molecule has 1 aromatic rings. The molecule has 0 aliphatic rings. The van der Waals surface area contributed by atoms with Gasteiger partial charge in [-0.05, 0) is 30.2 Å². The van der Waals surface area contributed by atoms with Gasteiger partial charge in [-0.2, -0.15) is 5.26 Å². The van der Waals surface area contributed by atoms with Crippen molar-refractivity contribution in [1.29, 1.82) is 5.26 Å². The van der Waals surface area contributed by atoms with E-state index in [9.17, 15) is 4.79 Å². The van der Waals surface area contributed by atoms with Gasteiger partial charge < -0.3 is 4.74 Å². The Labute approximate surface area is 110 Å². The zero-order valence-corrected chi connectivity index (χ0v) is 11.4. The molecule has 0 N–H and O–H groups in total. The van der Waals surface area contributed by atoms with Crippen LogP contribution in [0.15, 0.2) is 28.7 Å². The topological polar surface area (TPSA) is 50.1 Å². The third-order valence-corrected chi connectivity index (χ3v) is 2.69. The van der Waals surface area contributed by atoms with Crippen LogP contribution in [0, 0.1) is 17.2 Å². The Morgan fingerprint density at radius 1 is 1.41 bits per heavy atom. The fourth-order valence-corrected chi connectivity index (χ4v) is 1.60. The van der Waals surface area contributed by atoms with E-state index >= 15 is 0 Å². The van der Waals surface area contributed by atoms with E-state index in [1.807, 2.05) is 19.9 Å². The lowest BCUT2D eigenvalue weighted by atomic mass is 10.1. The maximum Gasteiger partial charge on any atom is 0.339 e. The van der Waals surface area contributed by atoms with Crippen molar-refractivity contribution in [3.8, 4) is 6.07 Å². The molecule has 0 fully saturated rings. The molecule has 0 aliphatic carbocycles. The molecule has 0 spiro atoms. The minimum Gasteiger partial charge on any atom is -0.443 e. The van der Waals surface area contributed by atoms with Gasteiger partial charge in [0.05, 0.1) is 5.56 Å². The summed E-state index contributed by atoms with van der Waals surface area (Å²) in [5, 5.41) is 8.88. The summed E-state index contributed by atoms with van der Waals surface area (Å²) in [5.74, 6) is -0.137. The van der Waals surface area contributed by atoms with Gasteiger partial charge in [0.2, 0.25) is 0 Å². The van der Waals surface area contributed by atoms with Gasteiger partial charge in [-0.15, -0.1) is 0 Å². The van der Waals surface area contributed by atoms with Gasteiger partial charge in [0, 0.05) is 10.9 Å². The number of hydrogen-bond acceptors (Lipinski definition) is 3. The highest BCUT2D eigenvalue weighted by Gasteiger charge is 2.16. The average molecular weight is 296 g/mol. The Kier molecular flexibility index (Phi) is 5.17. The second-order valence-electron chi connectivity index (χ2n) is 4.16. The quantitative estimate of drug-likeness (QED) is 0.798. The lowest BCUT2D eigenvalue weighted by Crippen LogP contribution is -2.18. The number of ether oxygens (including phenoxy) is 1. The molecule has 0 saturated carbocycles. The highest BCUT2D eigenvalue weighted by molar-refractivity contribution is 9.10. The largest absolute Gasteiger partial charge is 0.443 e. The van der Waals surface area contributed by atoms with Gasteiger partial charge in [-0.1, -0.05) is 29.8 Å². The van der Waals surface area contributed by atoms with Crippen LogP contribution >= 0.6 is 15.9 Å². The van der Waals surface area contributed by atoms with E-state index in [2.05, 4.69) is 15.9 Å². The molecule has 1 rings (SSSR count). The van der Waals surface area contributed by atoms with Gasteiger partial charge in [0.25, 0.3) is 0 Å². The van der Waals surface area contributed by atoms with Crippen molar-refractivity contribution in [3.05, 3.63) is 34.3 Å². The predicted octanol–water partition coefficient (Wildman–Crippen LogP) is 3.54. The van der Waals surface area contributed by atoms with Crippen molar-refractivity contribution >= 4 is 21.9 Å². The number of hydrogen-bond donors (Lipinski definition) is 0. The molecule has 1 aromatic carbocycles. The number of carbonyl (C=O) groups excluding carboxylic acids is 1. The third kappa shape index (κ3) is 4.58. The summed E-state index contributed by atoms with van der Waals surface area (Å²) in [7, 11) is 0. The van der Waals surface area contributed by atoms with E-state index < -0.39 is 12.1 Å². The molecular weight excluding hydrogens is 282 g/mol. The molecule has 3 nitrogen and oxygen atoms in total. The number of esters is 1. The highest BCUT2D eigenvalue weighted by Crippen LogP contribution is 2.14. The smallest absolute Gasteiger partial charge is 0.339 e. The van der Waals surface area contributed by atoms with E-state index in [1.54, 1.807) is 24.3 Å². The van der Waals surface area contributed by atoms with Crippen LogP contribution in [0.5, 0.6) is 0 Å². The summed E-state index contributed by atoms with van der Waals surface area (Å²) in [5.41, 5.74) is 0.456. The van der Waals surface area contributed by atoms with Crippen molar-refractivity contribution in [2.45, 2.75) is 26.4 Å². The highest BCUT2D eigenvalue weighted by atomic mass is 79.9.